The lowest BCUT2D eigenvalue weighted by atomic mass is 10.1. The van der Waals surface area contributed by atoms with Crippen LogP contribution < -0.4 is 10.6 Å². The number of aromatic amines is 1. The number of H-pyrrole nitrogens is 1. The summed E-state index contributed by atoms with van der Waals surface area (Å²) in [5.41, 5.74) is 2.09. The van der Waals surface area contributed by atoms with E-state index in [4.69, 9.17) is 4.99 Å². The zero-order valence-corrected chi connectivity index (χ0v) is 17.8. The van der Waals surface area contributed by atoms with Crippen LogP contribution in [0.2, 0.25) is 0 Å². The van der Waals surface area contributed by atoms with E-state index in [0.717, 1.165) is 54.9 Å². The van der Waals surface area contributed by atoms with Gasteiger partial charge >= 0.3 is 0 Å². The molecule has 6 nitrogen and oxygen atoms in total. The van der Waals surface area contributed by atoms with Crippen LogP contribution in [0.1, 0.15) is 25.3 Å². The number of fused-ring (bicyclic) bond motifs is 1. The molecule has 3 N–H and O–H groups in total. The number of benzene rings is 1. The van der Waals surface area contributed by atoms with Gasteiger partial charge in [-0.25, -0.2) is 4.39 Å². The molecule has 0 spiro atoms. The molecule has 0 unspecified atom stereocenters. The van der Waals surface area contributed by atoms with Crippen molar-refractivity contribution in [3.63, 3.8) is 0 Å². The van der Waals surface area contributed by atoms with Crippen molar-refractivity contribution in [3.05, 3.63) is 35.8 Å². The van der Waals surface area contributed by atoms with Gasteiger partial charge in [0.2, 0.25) is 0 Å². The molecular formula is C22H35FN6. The van der Waals surface area contributed by atoms with Gasteiger partial charge in [-0.05, 0) is 63.5 Å². The fourth-order valence-corrected chi connectivity index (χ4v) is 3.72. The number of hydrogen-bond acceptors (Lipinski definition) is 3. The van der Waals surface area contributed by atoms with E-state index >= 15 is 0 Å². The minimum absolute atomic E-state index is 0.196. The van der Waals surface area contributed by atoms with Crippen LogP contribution in [0.4, 0.5) is 4.39 Å². The number of nitrogens with zero attached hydrogens (tertiary/aromatic N) is 3. The molecule has 1 aliphatic rings. The summed E-state index contributed by atoms with van der Waals surface area (Å²) in [4.78, 5) is 12.9. The highest BCUT2D eigenvalue weighted by molar-refractivity contribution is 5.83. The second kappa shape index (κ2) is 11.2. The summed E-state index contributed by atoms with van der Waals surface area (Å²) in [6, 6.07) is 4.87. The molecule has 29 heavy (non-hydrogen) atoms. The van der Waals surface area contributed by atoms with Crippen molar-refractivity contribution >= 4 is 16.9 Å². The highest BCUT2D eigenvalue weighted by Crippen LogP contribution is 2.19. The van der Waals surface area contributed by atoms with Gasteiger partial charge in [0.15, 0.2) is 5.96 Å². The largest absolute Gasteiger partial charge is 0.361 e. The van der Waals surface area contributed by atoms with E-state index in [1.54, 1.807) is 12.1 Å². The maximum absolute atomic E-state index is 13.5. The van der Waals surface area contributed by atoms with E-state index < -0.39 is 0 Å². The van der Waals surface area contributed by atoms with Gasteiger partial charge in [0.05, 0.1) is 0 Å². The minimum Gasteiger partial charge on any atom is -0.361 e. The summed E-state index contributed by atoms with van der Waals surface area (Å²) in [6.07, 6.45) is 5.07. The van der Waals surface area contributed by atoms with Gasteiger partial charge in [-0.1, -0.05) is 0 Å². The number of aliphatic imine (C=N–C) groups is 1. The standard InChI is InChI=1S/C22H35FN6/c1-3-24-22(25-9-4-5-11-29-14-12-28(2)13-15-29)26-10-8-18-17-27-21-7-6-19(23)16-20(18)21/h6-7,16-17,27H,3-5,8-15H2,1-2H3,(H2,24,25,26). The molecule has 7 heteroatoms. The molecule has 1 saturated heterocycles. The molecular weight excluding hydrogens is 367 g/mol. The maximum atomic E-state index is 13.5. The van der Waals surface area contributed by atoms with Crippen molar-refractivity contribution in [1.29, 1.82) is 0 Å². The van der Waals surface area contributed by atoms with Crippen molar-refractivity contribution in [2.24, 2.45) is 4.99 Å². The molecule has 0 saturated carbocycles. The first-order valence-corrected chi connectivity index (χ1v) is 10.8. The van der Waals surface area contributed by atoms with Crippen LogP contribution in [0, 0.1) is 5.82 Å². The number of guanidine groups is 1. The van der Waals surface area contributed by atoms with Crippen LogP contribution in [0.3, 0.4) is 0 Å². The Hall–Kier alpha value is -2.12. The number of piperazine rings is 1. The number of nitrogens with one attached hydrogen (secondary N) is 3. The molecule has 1 aromatic heterocycles. The van der Waals surface area contributed by atoms with Gasteiger partial charge in [-0.3, -0.25) is 4.99 Å². The predicted molar refractivity (Wildman–Crippen MR) is 119 cm³/mol. The third-order valence-electron chi connectivity index (χ3n) is 5.51. The van der Waals surface area contributed by atoms with Gasteiger partial charge in [0, 0.05) is 62.9 Å². The summed E-state index contributed by atoms with van der Waals surface area (Å²) in [6.45, 7) is 10.4. The third kappa shape index (κ3) is 6.72. The highest BCUT2D eigenvalue weighted by atomic mass is 19.1. The Morgan fingerprint density at radius 1 is 1.17 bits per heavy atom. The third-order valence-corrected chi connectivity index (χ3v) is 5.51. The smallest absolute Gasteiger partial charge is 0.191 e. The van der Waals surface area contributed by atoms with E-state index in [1.165, 1.54) is 45.2 Å². The summed E-state index contributed by atoms with van der Waals surface area (Å²) in [5.74, 6) is 0.663. The number of rotatable bonds is 9. The lowest BCUT2D eigenvalue weighted by molar-refractivity contribution is 0.152. The van der Waals surface area contributed by atoms with Crippen LogP contribution in [0.25, 0.3) is 10.9 Å². The number of halogens is 1. The Morgan fingerprint density at radius 3 is 2.79 bits per heavy atom. The quantitative estimate of drug-likeness (QED) is 0.343. The van der Waals surface area contributed by atoms with Crippen LogP contribution >= 0.6 is 0 Å². The van der Waals surface area contributed by atoms with Gasteiger partial charge in [-0.15, -0.1) is 0 Å². The molecule has 2 heterocycles. The SMILES string of the molecule is CCNC(=NCCCCN1CCN(C)CC1)NCCc1c[nH]c2ccc(F)cc12. The van der Waals surface area contributed by atoms with E-state index in [0.29, 0.717) is 0 Å². The van der Waals surface area contributed by atoms with Crippen molar-refractivity contribution in [2.45, 2.75) is 26.2 Å². The first-order chi connectivity index (χ1) is 14.2. The topological polar surface area (TPSA) is 58.7 Å². The molecule has 0 aliphatic carbocycles. The van der Waals surface area contributed by atoms with Crippen LogP contribution in [0.15, 0.2) is 29.4 Å². The molecule has 2 aromatic rings. The molecule has 160 valence electrons. The Labute approximate surface area is 173 Å². The number of unbranched alkanes of at least 4 members (excludes halogenated alkanes) is 1. The van der Waals surface area contributed by atoms with Crippen molar-refractivity contribution < 1.29 is 4.39 Å². The molecule has 1 aliphatic heterocycles. The first kappa shape index (κ1) is 21.6. The van der Waals surface area contributed by atoms with Gasteiger partial charge < -0.3 is 25.4 Å². The Morgan fingerprint density at radius 2 is 2.00 bits per heavy atom. The summed E-state index contributed by atoms with van der Waals surface area (Å²) < 4.78 is 13.5. The van der Waals surface area contributed by atoms with E-state index in [1.807, 2.05) is 6.20 Å². The average Bonchev–Trinajstić information content (AvgIpc) is 3.11. The fraction of sp³-hybridized carbons (Fsp3) is 0.591. The molecule has 1 fully saturated rings. The van der Waals surface area contributed by atoms with Crippen LogP contribution in [-0.4, -0.2) is 80.1 Å². The maximum Gasteiger partial charge on any atom is 0.191 e. The number of likely N-dealkylation sites (N-methyl/N-ethyl adjacent to an activating group) is 1. The summed E-state index contributed by atoms with van der Waals surface area (Å²) >= 11 is 0. The molecule has 0 radical (unpaired) electrons. The van der Waals surface area contributed by atoms with Crippen molar-refractivity contribution in [1.82, 2.24) is 25.4 Å². The van der Waals surface area contributed by atoms with E-state index in [9.17, 15) is 4.39 Å². The minimum atomic E-state index is -0.196. The molecule has 1 aromatic carbocycles. The molecule has 0 amide bonds. The number of hydrogen-bond donors (Lipinski definition) is 3. The monoisotopic (exact) mass is 402 g/mol. The van der Waals surface area contributed by atoms with Crippen LogP contribution in [0.5, 0.6) is 0 Å². The Bertz CT molecular complexity index is 779. The van der Waals surface area contributed by atoms with Crippen LogP contribution in [-0.2, 0) is 6.42 Å². The van der Waals surface area contributed by atoms with Gasteiger partial charge in [-0.2, -0.15) is 0 Å². The average molecular weight is 403 g/mol. The lowest BCUT2D eigenvalue weighted by Crippen LogP contribution is -2.44. The van der Waals surface area contributed by atoms with Crippen molar-refractivity contribution in [2.75, 3.05) is 59.4 Å². The number of aromatic nitrogens is 1. The Kier molecular flexibility index (Phi) is 8.31. The Balaban J connectivity index is 1.39. The fourth-order valence-electron chi connectivity index (χ4n) is 3.72. The zero-order chi connectivity index (χ0) is 20.5. The van der Waals surface area contributed by atoms with E-state index in [2.05, 4.69) is 39.4 Å². The van der Waals surface area contributed by atoms with Crippen molar-refractivity contribution in [3.8, 4) is 0 Å². The lowest BCUT2D eigenvalue weighted by Gasteiger charge is -2.32. The second-order valence-corrected chi connectivity index (χ2v) is 7.79. The summed E-state index contributed by atoms with van der Waals surface area (Å²) in [7, 11) is 2.19. The molecule has 0 atom stereocenters. The second-order valence-electron chi connectivity index (χ2n) is 7.79. The van der Waals surface area contributed by atoms with Gasteiger partial charge in [0.25, 0.3) is 0 Å². The normalized spacial score (nSPS) is 16.4. The highest BCUT2D eigenvalue weighted by Gasteiger charge is 2.12. The molecule has 0 bridgehead atoms. The first-order valence-electron chi connectivity index (χ1n) is 10.8. The predicted octanol–water partition coefficient (Wildman–Crippen LogP) is 2.43. The van der Waals surface area contributed by atoms with Gasteiger partial charge in [0.1, 0.15) is 5.82 Å². The summed E-state index contributed by atoms with van der Waals surface area (Å²) in [5, 5.41) is 7.66. The zero-order valence-electron chi connectivity index (χ0n) is 17.8. The van der Waals surface area contributed by atoms with E-state index in [-0.39, 0.29) is 5.82 Å². The molecule has 3 rings (SSSR count).